The third kappa shape index (κ3) is 5.14. The summed E-state index contributed by atoms with van der Waals surface area (Å²) in [6, 6.07) is 20.8. The Morgan fingerprint density at radius 1 is 1.00 bits per heavy atom. The van der Waals surface area contributed by atoms with E-state index in [1.54, 1.807) is 42.6 Å². The standard InChI is InChI=1S/C26H20FN3O4S/c1-33-22-11-6-18(7-12-22)24(17-4-9-21(27)10-5-17)34-25-19(15-28)8-13-23(26(25)35(29,31)32)20-3-2-14-30-16-20/h2-14,16,24H,1H3,(H2,29,31,32). The molecule has 0 amide bonds. The fourth-order valence-corrected chi connectivity index (χ4v) is 4.57. The van der Waals surface area contributed by atoms with E-state index in [1.165, 1.54) is 49.7 Å². The zero-order valence-corrected chi connectivity index (χ0v) is 19.4. The number of hydrogen-bond donors (Lipinski definition) is 1. The number of ether oxygens (including phenoxy) is 2. The number of nitriles is 1. The molecule has 1 aromatic heterocycles. The van der Waals surface area contributed by atoms with E-state index >= 15 is 0 Å². The Kier molecular flexibility index (Phi) is 6.78. The van der Waals surface area contributed by atoms with Gasteiger partial charge in [0.05, 0.1) is 12.7 Å². The van der Waals surface area contributed by atoms with Crippen LogP contribution in [0, 0.1) is 17.1 Å². The minimum Gasteiger partial charge on any atom is -0.497 e. The Bertz CT molecular complexity index is 1490. The molecule has 4 aromatic rings. The summed E-state index contributed by atoms with van der Waals surface area (Å²) < 4.78 is 50.8. The Labute approximate surface area is 202 Å². The third-order valence-corrected chi connectivity index (χ3v) is 6.29. The predicted molar refractivity (Wildman–Crippen MR) is 128 cm³/mol. The lowest BCUT2D eigenvalue weighted by Crippen LogP contribution is -2.18. The summed E-state index contributed by atoms with van der Waals surface area (Å²) in [5.74, 6) is -0.0432. The van der Waals surface area contributed by atoms with Crippen molar-refractivity contribution < 1.29 is 22.3 Å². The minimum absolute atomic E-state index is 0.0257. The maximum Gasteiger partial charge on any atom is 0.242 e. The molecule has 0 aliphatic heterocycles. The maximum absolute atomic E-state index is 13.7. The second-order valence-electron chi connectivity index (χ2n) is 7.54. The van der Waals surface area contributed by atoms with Crippen LogP contribution in [0.2, 0.25) is 0 Å². The highest BCUT2D eigenvalue weighted by atomic mass is 32.2. The molecule has 9 heteroatoms. The van der Waals surface area contributed by atoms with E-state index in [1.807, 2.05) is 6.07 Å². The van der Waals surface area contributed by atoms with Gasteiger partial charge in [0, 0.05) is 23.5 Å². The first kappa shape index (κ1) is 23.9. The molecule has 0 saturated carbocycles. The van der Waals surface area contributed by atoms with Gasteiger partial charge < -0.3 is 9.47 Å². The fraction of sp³-hybridized carbons (Fsp3) is 0.0769. The fourth-order valence-electron chi connectivity index (χ4n) is 3.66. The summed E-state index contributed by atoms with van der Waals surface area (Å²) in [7, 11) is -2.82. The van der Waals surface area contributed by atoms with Gasteiger partial charge in [0.25, 0.3) is 0 Å². The minimum atomic E-state index is -4.36. The van der Waals surface area contributed by atoms with Gasteiger partial charge in [-0.25, -0.2) is 17.9 Å². The van der Waals surface area contributed by atoms with Crippen molar-refractivity contribution >= 4 is 10.0 Å². The van der Waals surface area contributed by atoms with Crippen molar-refractivity contribution in [1.29, 1.82) is 5.26 Å². The van der Waals surface area contributed by atoms with E-state index in [0.29, 0.717) is 22.4 Å². The number of halogens is 1. The van der Waals surface area contributed by atoms with Crippen LogP contribution in [-0.2, 0) is 10.0 Å². The van der Waals surface area contributed by atoms with Crippen molar-refractivity contribution in [2.75, 3.05) is 7.11 Å². The van der Waals surface area contributed by atoms with Crippen LogP contribution in [0.3, 0.4) is 0 Å². The van der Waals surface area contributed by atoms with Crippen LogP contribution in [0.4, 0.5) is 4.39 Å². The smallest absolute Gasteiger partial charge is 0.242 e. The monoisotopic (exact) mass is 489 g/mol. The van der Waals surface area contributed by atoms with Crippen molar-refractivity contribution in [2.45, 2.75) is 11.0 Å². The van der Waals surface area contributed by atoms with Gasteiger partial charge in [-0.3, -0.25) is 4.98 Å². The van der Waals surface area contributed by atoms with Gasteiger partial charge in [0.2, 0.25) is 10.0 Å². The van der Waals surface area contributed by atoms with Crippen molar-refractivity contribution in [3.63, 3.8) is 0 Å². The SMILES string of the molecule is COc1ccc(C(Oc2c(C#N)ccc(-c3cccnc3)c2S(N)(=O)=O)c2ccc(F)cc2)cc1. The molecule has 0 fully saturated rings. The van der Waals surface area contributed by atoms with Crippen LogP contribution >= 0.6 is 0 Å². The van der Waals surface area contributed by atoms with Gasteiger partial charge in [-0.05, 0) is 47.5 Å². The summed E-state index contributed by atoms with van der Waals surface area (Å²) in [4.78, 5) is 3.71. The number of rotatable bonds is 7. The average Bonchev–Trinajstić information content (AvgIpc) is 2.87. The molecule has 2 N–H and O–H groups in total. The van der Waals surface area contributed by atoms with E-state index in [0.717, 1.165) is 0 Å². The molecule has 0 saturated heterocycles. The third-order valence-electron chi connectivity index (χ3n) is 5.32. The van der Waals surface area contributed by atoms with Crippen molar-refractivity contribution in [3.8, 4) is 28.7 Å². The normalized spacial score (nSPS) is 11.9. The largest absolute Gasteiger partial charge is 0.497 e. The van der Waals surface area contributed by atoms with Crippen molar-refractivity contribution in [1.82, 2.24) is 4.98 Å². The molecular weight excluding hydrogens is 469 g/mol. The van der Waals surface area contributed by atoms with Crippen LogP contribution in [-0.4, -0.2) is 20.5 Å². The van der Waals surface area contributed by atoms with E-state index in [-0.39, 0.29) is 21.8 Å². The maximum atomic E-state index is 13.7. The number of nitrogens with two attached hydrogens (primary N) is 1. The lowest BCUT2D eigenvalue weighted by atomic mass is 10.00. The number of aromatic nitrogens is 1. The lowest BCUT2D eigenvalue weighted by molar-refractivity contribution is 0.240. The summed E-state index contributed by atoms with van der Waals surface area (Å²) in [6.07, 6.45) is 2.15. The molecule has 0 bridgehead atoms. The number of pyridine rings is 1. The summed E-state index contributed by atoms with van der Waals surface area (Å²) in [6.45, 7) is 0. The van der Waals surface area contributed by atoms with Crippen LogP contribution in [0.5, 0.6) is 11.5 Å². The van der Waals surface area contributed by atoms with Gasteiger partial charge in [-0.15, -0.1) is 0 Å². The summed E-state index contributed by atoms with van der Waals surface area (Å²) in [5, 5.41) is 15.4. The predicted octanol–water partition coefficient (Wildman–Crippen LogP) is 4.58. The van der Waals surface area contributed by atoms with Crippen LogP contribution in [0.25, 0.3) is 11.1 Å². The van der Waals surface area contributed by atoms with Gasteiger partial charge >= 0.3 is 0 Å². The molecule has 0 aliphatic rings. The van der Waals surface area contributed by atoms with Gasteiger partial charge in [0.1, 0.15) is 28.6 Å². The van der Waals surface area contributed by atoms with Crippen LogP contribution < -0.4 is 14.6 Å². The highest BCUT2D eigenvalue weighted by molar-refractivity contribution is 7.89. The molecule has 1 heterocycles. The Morgan fingerprint density at radius 2 is 1.66 bits per heavy atom. The van der Waals surface area contributed by atoms with Crippen LogP contribution in [0.15, 0.2) is 90.1 Å². The van der Waals surface area contributed by atoms with E-state index < -0.39 is 21.9 Å². The average molecular weight is 490 g/mol. The van der Waals surface area contributed by atoms with E-state index in [9.17, 15) is 18.1 Å². The second kappa shape index (κ2) is 9.93. The highest BCUT2D eigenvalue weighted by Gasteiger charge is 2.28. The first-order valence-corrected chi connectivity index (χ1v) is 11.9. The molecule has 7 nitrogen and oxygen atoms in total. The zero-order chi connectivity index (χ0) is 25.0. The van der Waals surface area contributed by atoms with Gasteiger partial charge in [-0.2, -0.15) is 5.26 Å². The van der Waals surface area contributed by atoms with Crippen LogP contribution in [0.1, 0.15) is 22.8 Å². The molecular formula is C26H20FN3O4S. The Balaban J connectivity index is 1.95. The second-order valence-corrected chi connectivity index (χ2v) is 9.04. The van der Waals surface area contributed by atoms with E-state index in [4.69, 9.17) is 14.6 Å². The topological polar surface area (TPSA) is 115 Å². The van der Waals surface area contributed by atoms with Gasteiger partial charge in [-0.1, -0.05) is 36.4 Å². The molecule has 0 radical (unpaired) electrons. The number of benzene rings is 3. The molecule has 0 aliphatic carbocycles. The highest BCUT2D eigenvalue weighted by Crippen LogP contribution is 2.40. The molecule has 4 rings (SSSR count). The number of hydrogen-bond acceptors (Lipinski definition) is 6. The first-order valence-electron chi connectivity index (χ1n) is 10.4. The molecule has 3 aromatic carbocycles. The molecule has 1 atom stereocenters. The summed E-state index contributed by atoms with van der Waals surface area (Å²) >= 11 is 0. The first-order chi connectivity index (χ1) is 16.8. The molecule has 35 heavy (non-hydrogen) atoms. The molecule has 176 valence electrons. The quantitative estimate of drug-likeness (QED) is 0.406. The van der Waals surface area contributed by atoms with Crippen molar-refractivity contribution in [2.24, 2.45) is 5.14 Å². The lowest BCUT2D eigenvalue weighted by Gasteiger charge is -2.23. The molecule has 0 spiro atoms. The number of methoxy groups -OCH3 is 1. The van der Waals surface area contributed by atoms with Gasteiger partial charge in [0.15, 0.2) is 5.75 Å². The van der Waals surface area contributed by atoms with E-state index in [2.05, 4.69) is 4.98 Å². The number of nitrogens with zero attached hydrogens (tertiary/aromatic N) is 2. The Morgan fingerprint density at radius 3 is 2.20 bits per heavy atom. The van der Waals surface area contributed by atoms with Crippen molar-refractivity contribution in [3.05, 3.63) is 108 Å². The zero-order valence-electron chi connectivity index (χ0n) is 18.6. The number of sulfonamides is 1. The Hall–Kier alpha value is -4.26. The molecule has 1 unspecified atom stereocenters. The number of primary sulfonamides is 1. The summed E-state index contributed by atoms with van der Waals surface area (Å²) in [5.41, 5.74) is 1.85.